The van der Waals surface area contributed by atoms with Crippen molar-refractivity contribution in [1.29, 1.82) is 0 Å². The van der Waals surface area contributed by atoms with E-state index in [0.29, 0.717) is 12.3 Å². The summed E-state index contributed by atoms with van der Waals surface area (Å²) < 4.78 is 13.0. The Morgan fingerprint density at radius 2 is 2.21 bits per heavy atom. The number of piperidine rings is 1. The first-order valence-electron chi connectivity index (χ1n) is 9.98. The van der Waals surface area contributed by atoms with Gasteiger partial charge in [0, 0.05) is 19.2 Å². The van der Waals surface area contributed by atoms with Gasteiger partial charge in [-0.05, 0) is 49.4 Å². The fraction of sp³-hybridized carbons (Fsp3) is 0.409. The van der Waals surface area contributed by atoms with E-state index in [4.69, 9.17) is 9.15 Å². The molecule has 0 saturated carbocycles. The molecule has 0 spiro atoms. The molecule has 1 fully saturated rings. The molecule has 0 bridgehead atoms. The topological polar surface area (TPSA) is 73.4 Å². The molecule has 1 aliphatic rings. The maximum Gasteiger partial charge on any atom is 0.244 e. The molecule has 2 aromatic heterocycles. The zero-order valence-corrected chi connectivity index (χ0v) is 16.9. The van der Waals surface area contributed by atoms with Gasteiger partial charge in [-0.2, -0.15) is 5.10 Å². The number of likely N-dealkylation sites (tertiary alicyclic amines) is 1. The van der Waals surface area contributed by atoms with Gasteiger partial charge in [0.05, 0.1) is 19.5 Å². The molecule has 152 valence electrons. The largest absolute Gasteiger partial charge is 0.497 e. The van der Waals surface area contributed by atoms with Crippen LogP contribution in [0.2, 0.25) is 0 Å². The summed E-state index contributed by atoms with van der Waals surface area (Å²) in [5, 5.41) is 4.23. The second kappa shape index (κ2) is 8.51. The number of hydrogen-bond acceptors (Lipinski definition) is 5. The Morgan fingerprint density at radius 1 is 1.31 bits per heavy atom. The van der Waals surface area contributed by atoms with Crippen LogP contribution in [0.5, 0.6) is 5.75 Å². The highest BCUT2D eigenvalue weighted by atomic mass is 16.5. The number of aryl methyl sites for hydroxylation is 1. The van der Waals surface area contributed by atoms with E-state index in [1.165, 1.54) is 0 Å². The van der Waals surface area contributed by atoms with Crippen LogP contribution in [0.15, 0.2) is 47.3 Å². The van der Waals surface area contributed by atoms with E-state index in [1.807, 2.05) is 42.3 Å². The summed E-state index contributed by atoms with van der Waals surface area (Å²) in [6, 6.07) is 7.79. The number of methoxy groups -OCH3 is 1. The predicted octanol–water partition coefficient (Wildman–Crippen LogP) is 3.53. The van der Waals surface area contributed by atoms with E-state index in [-0.39, 0.29) is 18.5 Å². The van der Waals surface area contributed by atoms with E-state index >= 15 is 0 Å². The van der Waals surface area contributed by atoms with Gasteiger partial charge in [0.1, 0.15) is 24.1 Å². The number of rotatable bonds is 6. The molecule has 1 aromatic carbocycles. The zero-order chi connectivity index (χ0) is 20.2. The van der Waals surface area contributed by atoms with Crippen molar-refractivity contribution in [1.82, 2.24) is 19.7 Å². The van der Waals surface area contributed by atoms with Gasteiger partial charge in [0.2, 0.25) is 11.8 Å². The molecule has 0 unspecified atom stereocenters. The van der Waals surface area contributed by atoms with E-state index < -0.39 is 0 Å². The second-order valence-electron chi connectivity index (χ2n) is 7.51. The summed E-state index contributed by atoms with van der Waals surface area (Å²) in [7, 11) is 1.66. The molecule has 7 heteroatoms. The number of aromatic nitrogens is 3. The smallest absolute Gasteiger partial charge is 0.244 e. The van der Waals surface area contributed by atoms with Gasteiger partial charge in [-0.15, -0.1) is 0 Å². The number of ether oxygens (including phenoxy) is 1. The van der Waals surface area contributed by atoms with Crippen LogP contribution >= 0.6 is 0 Å². The minimum absolute atomic E-state index is 0.0466. The highest BCUT2D eigenvalue weighted by Crippen LogP contribution is 2.31. The molecule has 1 saturated heterocycles. The first kappa shape index (κ1) is 19.2. The molecule has 7 nitrogen and oxygen atoms in total. The summed E-state index contributed by atoms with van der Waals surface area (Å²) in [5.41, 5.74) is 2.14. The average Bonchev–Trinajstić information content (AvgIpc) is 3.37. The normalized spacial score (nSPS) is 16.8. The van der Waals surface area contributed by atoms with Crippen LogP contribution in [0.25, 0.3) is 0 Å². The summed E-state index contributed by atoms with van der Waals surface area (Å²) >= 11 is 0. The van der Waals surface area contributed by atoms with Crippen LogP contribution in [0.3, 0.4) is 0 Å². The van der Waals surface area contributed by atoms with Crippen LogP contribution in [-0.4, -0.2) is 39.2 Å². The van der Waals surface area contributed by atoms with Crippen molar-refractivity contribution in [3.05, 3.63) is 65.6 Å². The van der Waals surface area contributed by atoms with Crippen LogP contribution in [0.1, 0.15) is 48.1 Å². The standard InChI is InChI=1S/C22H26N4O3/c1-16-12-24-25(14-16)15-21(27)26-9-4-3-8-20(26)22-23-13-19(29-22)11-17-6-5-7-18(10-17)28-2/h5-7,10,12-14,20H,3-4,8-9,11,15H2,1-2H3/t20-/m1/s1. The lowest BCUT2D eigenvalue weighted by Crippen LogP contribution is -2.40. The Morgan fingerprint density at radius 3 is 3.00 bits per heavy atom. The molecule has 3 aromatic rings. The SMILES string of the molecule is COc1cccc(Cc2cnc([C@H]3CCCCN3C(=O)Cn3cc(C)cn3)o2)c1. The number of amides is 1. The number of oxazole rings is 1. The van der Waals surface area contributed by atoms with Gasteiger partial charge in [-0.25, -0.2) is 4.98 Å². The molecule has 1 aliphatic heterocycles. The summed E-state index contributed by atoms with van der Waals surface area (Å²) in [4.78, 5) is 19.3. The van der Waals surface area contributed by atoms with Crippen molar-refractivity contribution in [3.8, 4) is 5.75 Å². The highest BCUT2D eigenvalue weighted by molar-refractivity contribution is 5.76. The number of nitrogens with zero attached hydrogens (tertiary/aromatic N) is 4. The van der Waals surface area contributed by atoms with Crippen LogP contribution in [0.4, 0.5) is 0 Å². The van der Waals surface area contributed by atoms with Crippen molar-refractivity contribution >= 4 is 5.91 Å². The van der Waals surface area contributed by atoms with Gasteiger partial charge in [-0.3, -0.25) is 9.48 Å². The van der Waals surface area contributed by atoms with E-state index in [9.17, 15) is 4.79 Å². The third-order valence-corrected chi connectivity index (χ3v) is 5.25. The Labute approximate surface area is 170 Å². The number of hydrogen-bond donors (Lipinski definition) is 0. The molecule has 0 N–H and O–H groups in total. The van der Waals surface area contributed by atoms with E-state index in [1.54, 1.807) is 24.2 Å². The van der Waals surface area contributed by atoms with Gasteiger partial charge < -0.3 is 14.1 Å². The van der Waals surface area contributed by atoms with Crippen molar-refractivity contribution in [2.24, 2.45) is 0 Å². The maximum absolute atomic E-state index is 12.9. The van der Waals surface area contributed by atoms with Crippen molar-refractivity contribution in [2.75, 3.05) is 13.7 Å². The van der Waals surface area contributed by atoms with Crippen molar-refractivity contribution < 1.29 is 13.9 Å². The van der Waals surface area contributed by atoms with Crippen LogP contribution in [-0.2, 0) is 17.8 Å². The monoisotopic (exact) mass is 394 g/mol. The average molecular weight is 394 g/mol. The Balaban J connectivity index is 1.47. The summed E-state index contributed by atoms with van der Waals surface area (Å²) in [6.45, 7) is 2.92. The molecular weight excluding hydrogens is 368 g/mol. The molecule has 29 heavy (non-hydrogen) atoms. The van der Waals surface area contributed by atoms with Crippen molar-refractivity contribution in [2.45, 2.75) is 45.2 Å². The van der Waals surface area contributed by atoms with Gasteiger partial charge in [-0.1, -0.05) is 12.1 Å². The zero-order valence-electron chi connectivity index (χ0n) is 16.9. The molecule has 1 atom stereocenters. The molecular formula is C22H26N4O3. The lowest BCUT2D eigenvalue weighted by atomic mass is 10.0. The minimum Gasteiger partial charge on any atom is -0.497 e. The fourth-order valence-electron chi connectivity index (χ4n) is 3.81. The van der Waals surface area contributed by atoms with Gasteiger partial charge >= 0.3 is 0 Å². The number of carbonyl (C=O) groups is 1. The van der Waals surface area contributed by atoms with E-state index in [2.05, 4.69) is 10.1 Å². The lowest BCUT2D eigenvalue weighted by molar-refractivity contribution is -0.136. The quantitative estimate of drug-likeness (QED) is 0.639. The summed E-state index contributed by atoms with van der Waals surface area (Å²) in [6.07, 6.45) is 8.97. The third kappa shape index (κ3) is 4.50. The van der Waals surface area contributed by atoms with Gasteiger partial charge in [0.15, 0.2) is 0 Å². The predicted molar refractivity (Wildman–Crippen MR) is 108 cm³/mol. The first-order valence-corrected chi connectivity index (χ1v) is 9.98. The van der Waals surface area contributed by atoms with Crippen LogP contribution < -0.4 is 4.74 Å². The molecule has 1 amide bonds. The van der Waals surface area contributed by atoms with E-state index in [0.717, 1.165) is 48.4 Å². The molecule has 4 rings (SSSR count). The number of benzene rings is 1. The second-order valence-corrected chi connectivity index (χ2v) is 7.51. The van der Waals surface area contributed by atoms with Crippen molar-refractivity contribution in [3.63, 3.8) is 0 Å². The third-order valence-electron chi connectivity index (χ3n) is 5.25. The lowest BCUT2D eigenvalue weighted by Gasteiger charge is -2.33. The Hall–Kier alpha value is -3.09. The number of carbonyl (C=O) groups excluding carboxylic acids is 1. The molecule has 0 aliphatic carbocycles. The Kier molecular flexibility index (Phi) is 5.64. The highest BCUT2D eigenvalue weighted by Gasteiger charge is 2.31. The van der Waals surface area contributed by atoms with Gasteiger partial charge in [0.25, 0.3) is 0 Å². The first-order chi connectivity index (χ1) is 14.1. The molecule has 0 radical (unpaired) electrons. The fourth-order valence-corrected chi connectivity index (χ4v) is 3.81. The van der Waals surface area contributed by atoms with Crippen LogP contribution in [0, 0.1) is 6.92 Å². The maximum atomic E-state index is 12.9. The Bertz CT molecular complexity index is 978. The summed E-state index contributed by atoms with van der Waals surface area (Å²) in [5.74, 6) is 2.27. The molecule has 3 heterocycles. The minimum atomic E-state index is -0.119.